The molecule has 0 saturated heterocycles. The van der Waals surface area contributed by atoms with Crippen LogP contribution in [0.15, 0.2) is 27.4 Å². The van der Waals surface area contributed by atoms with Crippen LogP contribution in [0.3, 0.4) is 0 Å². The van der Waals surface area contributed by atoms with E-state index in [4.69, 9.17) is 10.2 Å². The molecule has 3 N–H and O–H groups in total. The molecule has 2 aromatic rings. The molecular formula is C10H11N3O3. The van der Waals surface area contributed by atoms with Gasteiger partial charge < -0.3 is 15.1 Å². The lowest BCUT2D eigenvalue weighted by Gasteiger charge is -2.16. The van der Waals surface area contributed by atoms with Crippen LogP contribution in [0.2, 0.25) is 0 Å². The minimum absolute atomic E-state index is 0.119. The number of benzene rings is 1. The van der Waals surface area contributed by atoms with E-state index < -0.39 is 11.7 Å². The second-order valence-corrected chi connectivity index (χ2v) is 3.52. The molecule has 0 unspecified atom stereocenters. The predicted octanol–water partition coefficient (Wildman–Crippen LogP) is 0.0426. The number of anilines is 1. The van der Waals surface area contributed by atoms with Gasteiger partial charge in [-0.2, -0.15) is 0 Å². The summed E-state index contributed by atoms with van der Waals surface area (Å²) in [5, 5.41) is 0. The van der Waals surface area contributed by atoms with Crippen molar-refractivity contribution >= 4 is 22.7 Å². The topological polar surface area (TPSA) is 92.3 Å². The number of aromatic nitrogens is 1. The number of carbonyl (C=O) groups excluding carboxylic acids is 1. The van der Waals surface area contributed by atoms with E-state index in [9.17, 15) is 9.59 Å². The van der Waals surface area contributed by atoms with Crippen LogP contribution in [0, 0.1) is 0 Å². The number of H-pyrrole nitrogens is 1. The van der Waals surface area contributed by atoms with Crippen LogP contribution >= 0.6 is 0 Å². The second-order valence-electron chi connectivity index (χ2n) is 3.52. The Balaban J connectivity index is 2.38. The van der Waals surface area contributed by atoms with E-state index in [1.54, 1.807) is 30.1 Å². The molecule has 0 fully saturated rings. The lowest BCUT2D eigenvalue weighted by Crippen LogP contribution is -2.30. The number of amides is 1. The molecule has 0 aliphatic rings. The molecule has 2 rings (SSSR count). The fraction of sp³-hybridized carbons (Fsp3) is 0.200. The monoisotopic (exact) mass is 221 g/mol. The van der Waals surface area contributed by atoms with Crippen molar-refractivity contribution in [1.29, 1.82) is 0 Å². The average Bonchev–Trinajstić information content (AvgIpc) is 2.55. The van der Waals surface area contributed by atoms with Crippen LogP contribution in [0.1, 0.15) is 0 Å². The Morgan fingerprint density at radius 2 is 2.31 bits per heavy atom. The first-order valence-electron chi connectivity index (χ1n) is 4.68. The van der Waals surface area contributed by atoms with Crippen molar-refractivity contribution in [2.75, 3.05) is 18.5 Å². The van der Waals surface area contributed by atoms with Gasteiger partial charge in [-0.3, -0.25) is 9.78 Å². The summed E-state index contributed by atoms with van der Waals surface area (Å²) >= 11 is 0. The van der Waals surface area contributed by atoms with Crippen molar-refractivity contribution in [2.24, 2.45) is 5.73 Å². The van der Waals surface area contributed by atoms with Gasteiger partial charge in [0.2, 0.25) is 5.91 Å². The summed E-state index contributed by atoms with van der Waals surface area (Å²) in [4.78, 5) is 25.9. The van der Waals surface area contributed by atoms with Gasteiger partial charge >= 0.3 is 5.76 Å². The van der Waals surface area contributed by atoms with Gasteiger partial charge in [-0.1, -0.05) is 0 Å². The van der Waals surface area contributed by atoms with E-state index in [1.807, 2.05) is 0 Å². The van der Waals surface area contributed by atoms with E-state index in [-0.39, 0.29) is 6.54 Å². The van der Waals surface area contributed by atoms with Gasteiger partial charge in [0, 0.05) is 12.7 Å². The Kier molecular flexibility index (Phi) is 2.40. The molecule has 0 aliphatic carbocycles. The molecule has 84 valence electrons. The maximum atomic E-state index is 10.9. The van der Waals surface area contributed by atoms with Gasteiger partial charge in [0.1, 0.15) is 0 Å². The number of oxazole rings is 1. The maximum absolute atomic E-state index is 10.9. The zero-order valence-electron chi connectivity index (χ0n) is 8.69. The van der Waals surface area contributed by atoms with Crippen LogP contribution in [-0.4, -0.2) is 24.5 Å². The molecule has 16 heavy (non-hydrogen) atoms. The molecule has 0 spiro atoms. The third-order valence-corrected chi connectivity index (χ3v) is 2.24. The minimum Gasteiger partial charge on any atom is -0.408 e. The summed E-state index contributed by atoms with van der Waals surface area (Å²) in [5.41, 5.74) is 6.95. The summed E-state index contributed by atoms with van der Waals surface area (Å²) < 4.78 is 4.86. The van der Waals surface area contributed by atoms with Crippen molar-refractivity contribution in [2.45, 2.75) is 0 Å². The van der Waals surface area contributed by atoms with Crippen LogP contribution in [0.25, 0.3) is 11.1 Å². The number of rotatable bonds is 3. The number of fused-ring (bicyclic) bond motifs is 1. The minimum atomic E-state index is -0.496. The third-order valence-electron chi connectivity index (χ3n) is 2.24. The molecule has 0 atom stereocenters. The largest absolute Gasteiger partial charge is 0.417 e. The van der Waals surface area contributed by atoms with Gasteiger partial charge in [-0.05, 0) is 18.2 Å². The Morgan fingerprint density at radius 1 is 1.56 bits per heavy atom. The molecule has 6 heteroatoms. The maximum Gasteiger partial charge on any atom is 0.417 e. The van der Waals surface area contributed by atoms with Crippen molar-refractivity contribution in [1.82, 2.24) is 4.98 Å². The summed E-state index contributed by atoms with van der Waals surface area (Å²) in [5.74, 6) is -0.909. The van der Waals surface area contributed by atoms with Gasteiger partial charge in [-0.15, -0.1) is 0 Å². The number of primary amides is 1. The molecule has 1 aromatic heterocycles. The van der Waals surface area contributed by atoms with Gasteiger partial charge in [0.05, 0.1) is 12.1 Å². The van der Waals surface area contributed by atoms with E-state index in [0.29, 0.717) is 11.1 Å². The summed E-state index contributed by atoms with van der Waals surface area (Å²) in [6.07, 6.45) is 0. The van der Waals surface area contributed by atoms with Crippen molar-refractivity contribution in [3.63, 3.8) is 0 Å². The number of nitrogens with one attached hydrogen (secondary N) is 1. The normalized spacial score (nSPS) is 10.6. The highest BCUT2D eigenvalue weighted by atomic mass is 16.4. The first-order valence-corrected chi connectivity index (χ1v) is 4.68. The second kappa shape index (κ2) is 3.73. The number of nitrogens with zero attached hydrogens (tertiary/aromatic N) is 1. The van der Waals surface area contributed by atoms with Crippen molar-refractivity contribution < 1.29 is 9.21 Å². The van der Waals surface area contributed by atoms with Gasteiger partial charge in [0.25, 0.3) is 0 Å². The molecule has 1 aromatic carbocycles. The molecule has 0 bridgehead atoms. The Morgan fingerprint density at radius 3 is 3.00 bits per heavy atom. The van der Waals surface area contributed by atoms with E-state index in [2.05, 4.69) is 4.98 Å². The highest BCUT2D eigenvalue weighted by molar-refractivity contribution is 5.82. The van der Waals surface area contributed by atoms with Crippen LogP contribution in [0.4, 0.5) is 5.69 Å². The predicted molar refractivity (Wildman–Crippen MR) is 59.3 cm³/mol. The number of carbonyl (C=O) groups is 1. The Labute approximate surface area is 90.6 Å². The van der Waals surface area contributed by atoms with Crippen LogP contribution in [-0.2, 0) is 4.79 Å². The average molecular weight is 221 g/mol. The Bertz CT molecular complexity index is 584. The highest BCUT2D eigenvalue weighted by Gasteiger charge is 2.07. The third kappa shape index (κ3) is 1.90. The lowest BCUT2D eigenvalue weighted by molar-refractivity contribution is -0.116. The number of hydrogen-bond acceptors (Lipinski definition) is 4. The molecule has 0 saturated carbocycles. The number of hydrogen-bond donors (Lipinski definition) is 2. The molecule has 1 amide bonds. The molecular weight excluding hydrogens is 210 g/mol. The molecule has 0 radical (unpaired) electrons. The summed E-state index contributed by atoms with van der Waals surface area (Å²) in [7, 11) is 1.74. The number of nitrogens with two attached hydrogens (primary N) is 1. The van der Waals surface area contributed by atoms with Crippen molar-refractivity contribution in [3.8, 4) is 0 Å². The van der Waals surface area contributed by atoms with Gasteiger partial charge in [-0.25, -0.2) is 4.79 Å². The number of aromatic amines is 1. The fourth-order valence-electron chi connectivity index (χ4n) is 1.50. The highest BCUT2D eigenvalue weighted by Crippen LogP contribution is 2.18. The summed E-state index contributed by atoms with van der Waals surface area (Å²) in [6, 6.07) is 5.14. The number of likely N-dealkylation sites (N-methyl/N-ethyl adjacent to an activating group) is 1. The standard InChI is InChI=1S/C10H11N3O3/c1-13(5-9(11)14)6-2-3-8-7(4-6)12-10(15)16-8/h2-4H,5H2,1H3,(H2,11,14)(H,12,15). The van der Waals surface area contributed by atoms with Crippen molar-refractivity contribution in [3.05, 3.63) is 28.7 Å². The van der Waals surface area contributed by atoms with E-state index in [1.165, 1.54) is 0 Å². The quantitative estimate of drug-likeness (QED) is 0.765. The summed E-state index contributed by atoms with van der Waals surface area (Å²) in [6.45, 7) is 0.119. The van der Waals surface area contributed by atoms with E-state index >= 15 is 0 Å². The molecule has 6 nitrogen and oxygen atoms in total. The lowest BCUT2D eigenvalue weighted by atomic mass is 10.2. The van der Waals surface area contributed by atoms with Gasteiger partial charge in [0.15, 0.2) is 5.58 Å². The molecule has 0 aliphatic heterocycles. The van der Waals surface area contributed by atoms with E-state index in [0.717, 1.165) is 5.69 Å². The smallest absolute Gasteiger partial charge is 0.408 e. The molecule has 1 heterocycles. The zero-order chi connectivity index (χ0) is 11.7. The fourth-order valence-corrected chi connectivity index (χ4v) is 1.50. The SMILES string of the molecule is CN(CC(N)=O)c1ccc2oc(=O)[nH]c2c1. The Hall–Kier alpha value is -2.24. The first kappa shape index (κ1) is 10.3. The first-order chi connectivity index (χ1) is 7.56. The van der Waals surface area contributed by atoms with Crippen LogP contribution in [0.5, 0.6) is 0 Å². The van der Waals surface area contributed by atoms with Crippen LogP contribution < -0.4 is 16.4 Å². The zero-order valence-corrected chi connectivity index (χ0v) is 8.69.